The van der Waals surface area contributed by atoms with Gasteiger partial charge in [-0.05, 0) is 31.4 Å². The molecule has 1 aliphatic rings. The Morgan fingerprint density at radius 2 is 2.04 bits per heavy atom. The van der Waals surface area contributed by atoms with Crippen LogP contribution in [0.25, 0.3) is 21.9 Å². The molecule has 120 valence electrons. The van der Waals surface area contributed by atoms with E-state index in [1.54, 1.807) is 4.90 Å². The first-order chi connectivity index (χ1) is 11.3. The first-order valence-electron chi connectivity index (χ1n) is 8.24. The highest BCUT2D eigenvalue weighted by Gasteiger charge is 2.13. The van der Waals surface area contributed by atoms with Gasteiger partial charge < -0.3 is 20.2 Å². The Bertz CT molecular complexity index is 877. The topological polar surface area (TPSA) is 90.9 Å². The lowest BCUT2D eigenvalue weighted by Gasteiger charge is -2.23. The fourth-order valence-electron chi connectivity index (χ4n) is 3.32. The number of nitrogens with one attached hydrogen (secondary N) is 4. The molecule has 0 bridgehead atoms. The SMILES string of the molecule is O=c1[nH]cnc2cc3nc(NCC[NH+]4CCCCC4)[nH]c3cc12. The fourth-order valence-corrected chi connectivity index (χ4v) is 3.32. The van der Waals surface area contributed by atoms with Gasteiger partial charge in [-0.1, -0.05) is 0 Å². The van der Waals surface area contributed by atoms with E-state index in [9.17, 15) is 4.79 Å². The zero-order valence-electron chi connectivity index (χ0n) is 13.0. The van der Waals surface area contributed by atoms with Crippen molar-refractivity contribution in [3.63, 3.8) is 0 Å². The highest BCUT2D eigenvalue weighted by molar-refractivity contribution is 5.93. The largest absolute Gasteiger partial charge is 0.350 e. The third-order valence-corrected chi connectivity index (χ3v) is 4.57. The van der Waals surface area contributed by atoms with Crippen LogP contribution >= 0.6 is 0 Å². The zero-order chi connectivity index (χ0) is 15.6. The quantitative estimate of drug-likeness (QED) is 0.557. The zero-order valence-corrected chi connectivity index (χ0v) is 13.0. The highest BCUT2D eigenvalue weighted by Crippen LogP contribution is 2.18. The van der Waals surface area contributed by atoms with Gasteiger partial charge in [0.2, 0.25) is 5.95 Å². The van der Waals surface area contributed by atoms with Gasteiger partial charge in [-0.25, -0.2) is 9.97 Å². The van der Waals surface area contributed by atoms with Gasteiger partial charge in [0.05, 0.1) is 54.4 Å². The van der Waals surface area contributed by atoms with Crippen molar-refractivity contribution in [2.24, 2.45) is 0 Å². The van der Waals surface area contributed by atoms with Gasteiger partial charge in [0, 0.05) is 0 Å². The van der Waals surface area contributed by atoms with Crippen molar-refractivity contribution in [3.05, 3.63) is 28.8 Å². The average molecular weight is 313 g/mol. The second kappa shape index (κ2) is 6.00. The maximum atomic E-state index is 11.8. The number of H-pyrrole nitrogens is 2. The Morgan fingerprint density at radius 1 is 1.17 bits per heavy atom. The van der Waals surface area contributed by atoms with Crippen LogP contribution in [0.4, 0.5) is 5.95 Å². The number of aromatic amines is 2. The lowest BCUT2D eigenvalue weighted by atomic mass is 10.1. The van der Waals surface area contributed by atoms with Gasteiger partial charge in [0.1, 0.15) is 0 Å². The second-order valence-electron chi connectivity index (χ2n) is 6.19. The van der Waals surface area contributed by atoms with Crippen LogP contribution in [0.3, 0.4) is 0 Å². The number of imidazole rings is 1. The van der Waals surface area contributed by atoms with Crippen LogP contribution in [0.1, 0.15) is 19.3 Å². The lowest BCUT2D eigenvalue weighted by Crippen LogP contribution is -3.13. The predicted molar refractivity (Wildman–Crippen MR) is 89.9 cm³/mol. The summed E-state index contributed by atoms with van der Waals surface area (Å²) in [5.74, 6) is 0.753. The maximum absolute atomic E-state index is 11.8. The summed E-state index contributed by atoms with van der Waals surface area (Å²) in [5.41, 5.74) is 2.21. The molecule has 23 heavy (non-hydrogen) atoms. The van der Waals surface area contributed by atoms with Gasteiger partial charge in [0.25, 0.3) is 5.56 Å². The minimum absolute atomic E-state index is 0.130. The van der Waals surface area contributed by atoms with E-state index in [1.165, 1.54) is 38.7 Å². The van der Waals surface area contributed by atoms with Crippen molar-refractivity contribution >= 4 is 27.9 Å². The highest BCUT2D eigenvalue weighted by atomic mass is 16.1. The number of aromatic nitrogens is 4. The molecule has 0 spiro atoms. The van der Waals surface area contributed by atoms with Gasteiger partial charge in [-0.3, -0.25) is 4.79 Å². The number of benzene rings is 1. The van der Waals surface area contributed by atoms with Crippen LogP contribution in [0.15, 0.2) is 23.3 Å². The van der Waals surface area contributed by atoms with E-state index in [2.05, 4.69) is 25.3 Å². The van der Waals surface area contributed by atoms with Crippen molar-refractivity contribution in [2.75, 3.05) is 31.5 Å². The molecular weight excluding hydrogens is 292 g/mol. The number of hydrogen-bond donors (Lipinski definition) is 4. The van der Waals surface area contributed by atoms with Crippen LogP contribution in [-0.2, 0) is 0 Å². The Balaban J connectivity index is 1.50. The summed E-state index contributed by atoms with van der Waals surface area (Å²) in [7, 11) is 0. The molecule has 0 amide bonds. The van der Waals surface area contributed by atoms with E-state index >= 15 is 0 Å². The number of fused-ring (bicyclic) bond motifs is 2. The summed E-state index contributed by atoms with van der Waals surface area (Å²) >= 11 is 0. The number of rotatable bonds is 4. The summed E-state index contributed by atoms with van der Waals surface area (Å²) in [6.07, 6.45) is 5.48. The molecule has 0 atom stereocenters. The molecule has 4 N–H and O–H groups in total. The van der Waals surface area contributed by atoms with Gasteiger partial charge in [0.15, 0.2) is 0 Å². The molecule has 0 aliphatic carbocycles. The number of quaternary nitrogens is 1. The summed E-state index contributed by atoms with van der Waals surface area (Å²) in [5, 5.41) is 3.93. The van der Waals surface area contributed by atoms with Crippen molar-refractivity contribution in [2.45, 2.75) is 19.3 Å². The summed E-state index contributed by atoms with van der Waals surface area (Å²) in [4.78, 5) is 28.1. The molecule has 2 aromatic heterocycles. The van der Waals surface area contributed by atoms with E-state index < -0.39 is 0 Å². The average Bonchev–Trinajstić information content (AvgIpc) is 2.96. The van der Waals surface area contributed by atoms with E-state index in [0.29, 0.717) is 10.9 Å². The van der Waals surface area contributed by atoms with E-state index in [-0.39, 0.29) is 5.56 Å². The third kappa shape index (κ3) is 2.92. The lowest BCUT2D eigenvalue weighted by molar-refractivity contribution is -0.903. The van der Waals surface area contributed by atoms with Crippen LogP contribution < -0.4 is 15.8 Å². The molecular formula is C16H21N6O+. The van der Waals surface area contributed by atoms with E-state index in [0.717, 1.165) is 30.1 Å². The van der Waals surface area contributed by atoms with E-state index in [1.807, 2.05) is 12.1 Å². The molecule has 3 aromatic rings. The molecule has 0 unspecified atom stereocenters. The minimum atomic E-state index is -0.130. The summed E-state index contributed by atoms with van der Waals surface area (Å²) in [6, 6.07) is 3.65. The standard InChI is InChI=1S/C16H20N6O/c23-15-11-8-13-14(9-12(11)18-10-19-15)21-16(20-13)17-4-7-22-5-2-1-3-6-22/h8-10H,1-7H2,(H2,17,20,21)(H,18,19,23)/p+1. The molecule has 1 aromatic carbocycles. The molecule has 1 fully saturated rings. The minimum Gasteiger partial charge on any atom is -0.350 e. The Labute approximate surface area is 133 Å². The van der Waals surface area contributed by atoms with E-state index in [4.69, 9.17) is 0 Å². The first-order valence-corrected chi connectivity index (χ1v) is 8.24. The van der Waals surface area contributed by atoms with Crippen LogP contribution in [0.5, 0.6) is 0 Å². The van der Waals surface area contributed by atoms with Crippen LogP contribution in [0, 0.1) is 0 Å². The molecule has 1 saturated heterocycles. The van der Waals surface area contributed by atoms with Crippen LogP contribution in [-0.4, -0.2) is 46.1 Å². The molecule has 4 rings (SSSR count). The smallest absolute Gasteiger partial charge is 0.258 e. The Hall–Kier alpha value is -2.41. The van der Waals surface area contributed by atoms with Crippen molar-refractivity contribution in [1.29, 1.82) is 0 Å². The molecule has 0 radical (unpaired) electrons. The Kier molecular flexibility index (Phi) is 3.70. The molecule has 3 heterocycles. The van der Waals surface area contributed by atoms with Gasteiger partial charge >= 0.3 is 0 Å². The van der Waals surface area contributed by atoms with Crippen molar-refractivity contribution in [1.82, 2.24) is 19.9 Å². The number of likely N-dealkylation sites (tertiary alicyclic amines) is 1. The Morgan fingerprint density at radius 3 is 2.91 bits per heavy atom. The van der Waals surface area contributed by atoms with Gasteiger partial charge in [-0.2, -0.15) is 0 Å². The predicted octanol–water partition coefficient (Wildman–Crippen LogP) is 0.280. The number of nitrogens with zero attached hydrogens (tertiary/aromatic N) is 2. The summed E-state index contributed by atoms with van der Waals surface area (Å²) < 4.78 is 0. The molecule has 7 heteroatoms. The molecule has 7 nitrogen and oxygen atoms in total. The van der Waals surface area contributed by atoms with Crippen molar-refractivity contribution in [3.8, 4) is 0 Å². The second-order valence-corrected chi connectivity index (χ2v) is 6.19. The van der Waals surface area contributed by atoms with Crippen LogP contribution in [0.2, 0.25) is 0 Å². The first kappa shape index (κ1) is 14.2. The summed E-state index contributed by atoms with van der Waals surface area (Å²) in [6.45, 7) is 4.57. The molecule has 0 saturated carbocycles. The van der Waals surface area contributed by atoms with Crippen molar-refractivity contribution < 1.29 is 4.90 Å². The monoisotopic (exact) mass is 313 g/mol. The molecule has 1 aliphatic heterocycles. The van der Waals surface area contributed by atoms with Gasteiger partial charge in [-0.15, -0.1) is 0 Å². The number of piperidine rings is 1. The number of anilines is 1. The normalized spacial score (nSPS) is 16.2. The number of hydrogen-bond acceptors (Lipinski definition) is 4. The fraction of sp³-hybridized carbons (Fsp3) is 0.438. The third-order valence-electron chi connectivity index (χ3n) is 4.57. The maximum Gasteiger partial charge on any atom is 0.258 e.